The maximum atomic E-state index is 12.7. The van der Waals surface area contributed by atoms with Crippen molar-refractivity contribution in [3.63, 3.8) is 0 Å². The summed E-state index contributed by atoms with van der Waals surface area (Å²) < 4.78 is 13.6. The van der Waals surface area contributed by atoms with E-state index in [4.69, 9.17) is 20.8 Å². The number of imidazole rings is 1. The predicted octanol–water partition coefficient (Wildman–Crippen LogP) is 4.87. The molecule has 1 N–H and O–H groups in total. The van der Waals surface area contributed by atoms with Gasteiger partial charge in [-0.05, 0) is 36.2 Å². The van der Waals surface area contributed by atoms with E-state index in [9.17, 15) is 9.90 Å². The van der Waals surface area contributed by atoms with Crippen LogP contribution in [0.3, 0.4) is 0 Å². The molecule has 3 rings (SSSR count). The van der Waals surface area contributed by atoms with E-state index in [1.165, 1.54) is 17.4 Å². The van der Waals surface area contributed by atoms with Gasteiger partial charge in [-0.3, -0.25) is 9.30 Å². The second kappa shape index (κ2) is 8.62. The molecule has 0 aliphatic carbocycles. The Bertz CT molecular complexity index is 923. The van der Waals surface area contributed by atoms with Crippen LogP contribution in [0.4, 0.5) is 4.79 Å². The SMILES string of the molecule is C=CCOC(=O)N1C[C@H](O[Si](C)(C)C(C)(C)C)C[C@H]1C(O)c1cn2c(Cl)ncc2s1. The van der Waals surface area contributed by atoms with Crippen LogP contribution in [0.1, 0.15) is 38.2 Å². The van der Waals surface area contributed by atoms with Gasteiger partial charge in [-0.25, -0.2) is 9.78 Å². The number of ether oxygens (including phenoxy) is 1. The Morgan fingerprint density at radius 1 is 1.53 bits per heavy atom. The maximum absolute atomic E-state index is 12.7. The first-order valence-electron chi connectivity index (χ1n) is 9.97. The third-order valence-corrected chi connectivity index (χ3v) is 11.9. The minimum atomic E-state index is -2.03. The van der Waals surface area contributed by atoms with Crippen LogP contribution >= 0.6 is 22.9 Å². The Kier molecular flexibility index (Phi) is 6.69. The monoisotopic (exact) mass is 471 g/mol. The van der Waals surface area contributed by atoms with Crippen molar-refractivity contribution in [2.75, 3.05) is 13.2 Å². The number of amides is 1. The molecule has 1 amide bonds. The summed E-state index contributed by atoms with van der Waals surface area (Å²) in [6.07, 6.45) is 4.00. The van der Waals surface area contributed by atoms with E-state index in [2.05, 4.69) is 45.4 Å². The van der Waals surface area contributed by atoms with Crippen LogP contribution in [-0.4, -0.2) is 59.1 Å². The summed E-state index contributed by atoms with van der Waals surface area (Å²) in [4.78, 5) is 19.9. The van der Waals surface area contributed by atoms with E-state index in [-0.39, 0.29) is 17.7 Å². The lowest BCUT2D eigenvalue weighted by molar-refractivity contribution is 0.0565. The van der Waals surface area contributed by atoms with Gasteiger partial charge in [0.15, 0.2) is 8.32 Å². The van der Waals surface area contributed by atoms with Gasteiger partial charge < -0.3 is 14.3 Å². The van der Waals surface area contributed by atoms with Crippen molar-refractivity contribution in [2.24, 2.45) is 0 Å². The first kappa shape index (κ1) is 23.3. The van der Waals surface area contributed by atoms with Gasteiger partial charge in [0.1, 0.15) is 17.5 Å². The Labute approximate surface area is 187 Å². The van der Waals surface area contributed by atoms with Crippen LogP contribution in [0.5, 0.6) is 0 Å². The number of aliphatic hydroxyl groups excluding tert-OH is 1. The van der Waals surface area contributed by atoms with Gasteiger partial charge in [0.2, 0.25) is 5.28 Å². The number of likely N-dealkylation sites (tertiary alicyclic amines) is 1. The molecule has 0 bridgehead atoms. The zero-order chi connectivity index (χ0) is 22.3. The number of rotatable bonds is 6. The number of thiazole rings is 1. The molecule has 7 nitrogen and oxygen atoms in total. The molecule has 1 aliphatic rings. The van der Waals surface area contributed by atoms with Gasteiger partial charge in [-0.2, -0.15) is 0 Å². The quantitative estimate of drug-likeness (QED) is 0.480. The van der Waals surface area contributed by atoms with Crippen LogP contribution in [0.2, 0.25) is 23.4 Å². The Morgan fingerprint density at radius 2 is 2.23 bits per heavy atom. The normalized spacial score (nSPS) is 21.2. The van der Waals surface area contributed by atoms with Crippen molar-refractivity contribution in [1.29, 1.82) is 0 Å². The number of halogens is 1. The highest BCUT2D eigenvalue weighted by atomic mass is 35.5. The number of nitrogens with zero attached hydrogens (tertiary/aromatic N) is 3. The van der Waals surface area contributed by atoms with E-state index in [1.807, 2.05) is 0 Å². The molecule has 1 fully saturated rings. The maximum Gasteiger partial charge on any atom is 0.410 e. The first-order valence-corrected chi connectivity index (χ1v) is 14.1. The highest BCUT2D eigenvalue weighted by Gasteiger charge is 2.46. The van der Waals surface area contributed by atoms with Crippen LogP contribution in [0.25, 0.3) is 4.83 Å². The van der Waals surface area contributed by atoms with Crippen molar-refractivity contribution in [1.82, 2.24) is 14.3 Å². The fourth-order valence-electron chi connectivity index (χ4n) is 3.34. The third-order valence-electron chi connectivity index (χ3n) is 5.98. The molecule has 0 spiro atoms. The molecule has 30 heavy (non-hydrogen) atoms. The zero-order valence-corrected chi connectivity index (χ0v) is 20.7. The van der Waals surface area contributed by atoms with Crippen molar-refractivity contribution >= 4 is 42.2 Å². The van der Waals surface area contributed by atoms with Gasteiger partial charge >= 0.3 is 6.09 Å². The Hall–Kier alpha value is -1.39. The lowest BCUT2D eigenvalue weighted by Gasteiger charge is -2.38. The predicted molar refractivity (Wildman–Crippen MR) is 122 cm³/mol. The molecule has 0 radical (unpaired) electrons. The summed E-state index contributed by atoms with van der Waals surface area (Å²) in [6, 6.07) is -0.452. The average Bonchev–Trinajstić information content (AvgIpc) is 3.34. The minimum Gasteiger partial charge on any atom is -0.445 e. The second-order valence-electron chi connectivity index (χ2n) is 9.14. The Balaban J connectivity index is 1.84. The molecule has 1 aliphatic heterocycles. The van der Waals surface area contributed by atoms with E-state index in [0.29, 0.717) is 23.1 Å². The molecule has 2 aromatic rings. The third kappa shape index (κ3) is 4.60. The molecule has 1 saturated heterocycles. The molecule has 0 aromatic carbocycles. The topological polar surface area (TPSA) is 76.3 Å². The van der Waals surface area contributed by atoms with Crippen LogP contribution in [-0.2, 0) is 9.16 Å². The number of hydrogen-bond donors (Lipinski definition) is 1. The number of carbonyl (C=O) groups excluding carboxylic acids is 1. The van der Waals surface area contributed by atoms with Gasteiger partial charge in [-0.1, -0.05) is 33.4 Å². The molecular formula is C20H30ClN3O4SSi. The molecule has 0 saturated carbocycles. The summed E-state index contributed by atoms with van der Waals surface area (Å²) in [5.74, 6) is 0. The molecular weight excluding hydrogens is 442 g/mol. The summed E-state index contributed by atoms with van der Waals surface area (Å²) in [5, 5.41) is 11.6. The van der Waals surface area contributed by atoms with E-state index in [1.54, 1.807) is 21.7 Å². The fraction of sp³-hybridized carbons (Fsp3) is 0.600. The molecule has 10 heteroatoms. The van der Waals surface area contributed by atoms with Gasteiger partial charge in [0, 0.05) is 12.7 Å². The number of fused-ring (bicyclic) bond motifs is 1. The molecule has 3 atom stereocenters. The lowest BCUT2D eigenvalue weighted by atomic mass is 10.1. The van der Waals surface area contributed by atoms with Gasteiger partial charge in [0.05, 0.1) is 23.2 Å². The number of aromatic nitrogens is 2. The van der Waals surface area contributed by atoms with Crippen LogP contribution < -0.4 is 0 Å². The molecule has 1 unspecified atom stereocenters. The summed E-state index contributed by atoms with van der Waals surface area (Å²) in [5.41, 5.74) is 0. The van der Waals surface area contributed by atoms with Crippen molar-refractivity contribution in [2.45, 2.75) is 63.6 Å². The fourth-order valence-corrected chi connectivity index (χ4v) is 5.96. The van der Waals surface area contributed by atoms with E-state index < -0.39 is 26.6 Å². The van der Waals surface area contributed by atoms with Gasteiger partial charge in [-0.15, -0.1) is 11.3 Å². The molecule has 166 valence electrons. The van der Waals surface area contributed by atoms with Crippen molar-refractivity contribution in [3.05, 3.63) is 35.2 Å². The largest absolute Gasteiger partial charge is 0.445 e. The number of aliphatic hydroxyl groups is 1. The zero-order valence-electron chi connectivity index (χ0n) is 18.1. The number of carbonyl (C=O) groups is 1. The average molecular weight is 472 g/mol. The summed E-state index contributed by atoms with van der Waals surface area (Å²) in [7, 11) is -2.03. The number of hydrogen-bond acceptors (Lipinski definition) is 6. The highest BCUT2D eigenvalue weighted by Crippen LogP contribution is 2.41. The Morgan fingerprint density at radius 3 is 2.83 bits per heavy atom. The van der Waals surface area contributed by atoms with Crippen LogP contribution in [0.15, 0.2) is 25.0 Å². The standard InChI is InChI=1S/C20H30ClN3O4SSi/c1-7-8-27-19(26)23-11-13(28-30(5,6)20(2,3)4)9-14(23)17(25)15-12-24-16(29-15)10-22-18(24)21/h7,10,12-14,17,25H,1,8-9,11H2,2-6H3/t13-,14+,17?/m1/s1. The van der Waals surface area contributed by atoms with E-state index >= 15 is 0 Å². The first-order chi connectivity index (χ1) is 13.9. The van der Waals surface area contributed by atoms with E-state index in [0.717, 1.165) is 4.83 Å². The van der Waals surface area contributed by atoms with Crippen LogP contribution in [0, 0.1) is 0 Å². The summed E-state index contributed by atoms with van der Waals surface area (Å²) >= 11 is 7.49. The highest BCUT2D eigenvalue weighted by molar-refractivity contribution is 7.17. The molecule has 3 heterocycles. The lowest BCUT2D eigenvalue weighted by Crippen LogP contribution is -2.45. The van der Waals surface area contributed by atoms with Gasteiger partial charge in [0.25, 0.3) is 0 Å². The smallest absolute Gasteiger partial charge is 0.410 e. The van der Waals surface area contributed by atoms with Crippen molar-refractivity contribution in [3.8, 4) is 0 Å². The second-order valence-corrected chi connectivity index (χ2v) is 15.3. The summed E-state index contributed by atoms with van der Waals surface area (Å²) in [6.45, 7) is 15.0. The van der Waals surface area contributed by atoms with Crippen molar-refractivity contribution < 1.29 is 19.1 Å². The minimum absolute atomic E-state index is 0.0506. The molecule has 2 aromatic heterocycles.